The van der Waals surface area contributed by atoms with Gasteiger partial charge < -0.3 is 4.74 Å². The highest BCUT2D eigenvalue weighted by molar-refractivity contribution is 7.92. The van der Waals surface area contributed by atoms with Gasteiger partial charge in [-0.15, -0.1) is 0 Å². The number of hydrogen-bond donors (Lipinski definition) is 1. The number of anilines is 1. The van der Waals surface area contributed by atoms with Gasteiger partial charge in [0.15, 0.2) is 0 Å². The van der Waals surface area contributed by atoms with Crippen LogP contribution in [-0.2, 0) is 14.8 Å². The Bertz CT molecular complexity index is 767. The third-order valence-electron chi connectivity index (χ3n) is 3.03. The van der Waals surface area contributed by atoms with Gasteiger partial charge in [-0.05, 0) is 49.7 Å². The Hall–Kier alpha value is -2.34. The maximum atomic E-state index is 12.3. The van der Waals surface area contributed by atoms with Gasteiger partial charge in [-0.2, -0.15) is 0 Å². The van der Waals surface area contributed by atoms with Crippen LogP contribution in [0.25, 0.3) is 0 Å². The van der Waals surface area contributed by atoms with E-state index in [9.17, 15) is 13.2 Å². The van der Waals surface area contributed by atoms with Gasteiger partial charge in [-0.25, -0.2) is 13.2 Å². The fourth-order valence-corrected chi connectivity index (χ4v) is 3.26. The average molecular weight is 319 g/mol. The molecule has 0 heterocycles. The highest BCUT2D eigenvalue weighted by Crippen LogP contribution is 2.19. The van der Waals surface area contributed by atoms with E-state index in [0.29, 0.717) is 23.4 Å². The van der Waals surface area contributed by atoms with Crippen LogP contribution in [0.1, 0.15) is 22.8 Å². The van der Waals surface area contributed by atoms with E-state index in [-0.39, 0.29) is 4.90 Å². The molecule has 2 rings (SSSR count). The van der Waals surface area contributed by atoms with Crippen molar-refractivity contribution in [3.8, 4) is 0 Å². The molecule has 0 spiro atoms. The number of carbonyl (C=O) groups is 1. The predicted molar refractivity (Wildman–Crippen MR) is 84.4 cm³/mol. The quantitative estimate of drug-likeness (QED) is 0.860. The van der Waals surface area contributed by atoms with E-state index in [0.717, 1.165) is 0 Å². The largest absolute Gasteiger partial charge is 0.462 e. The highest BCUT2D eigenvalue weighted by atomic mass is 32.2. The normalized spacial score (nSPS) is 11.0. The molecule has 0 bridgehead atoms. The van der Waals surface area contributed by atoms with Crippen molar-refractivity contribution in [2.75, 3.05) is 11.3 Å². The summed E-state index contributed by atoms with van der Waals surface area (Å²) in [6.45, 7) is 3.75. The zero-order valence-corrected chi connectivity index (χ0v) is 13.2. The summed E-state index contributed by atoms with van der Waals surface area (Å²) in [5.74, 6) is -0.434. The van der Waals surface area contributed by atoms with E-state index < -0.39 is 16.0 Å². The maximum Gasteiger partial charge on any atom is 0.338 e. The molecule has 5 nitrogen and oxygen atoms in total. The summed E-state index contributed by atoms with van der Waals surface area (Å²) in [5, 5.41) is 0. The summed E-state index contributed by atoms with van der Waals surface area (Å²) in [6.07, 6.45) is 0. The minimum Gasteiger partial charge on any atom is -0.462 e. The van der Waals surface area contributed by atoms with E-state index in [1.807, 2.05) is 0 Å². The second-order valence-electron chi connectivity index (χ2n) is 4.67. The van der Waals surface area contributed by atoms with Crippen LogP contribution in [0.3, 0.4) is 0 Å². The van der Waals surface area contributed by atoms with Gasteiger partial charge in [0.25, 0.3) is 10.0 Å². The Morgan fingerprint density at radius 1 is 1.09 bits per heavy atom. The van der Waals surface area contributed by atoms with Gasteiger partial charge in [-0.3, -0.25) is 4.72 Å². The van der Waals surface area contributed by atoms with Crippen LogP contribution in [-0.4, -0.2) is 21.0 Å². The molecule has 116 valence electrons. The monoisotopic (exact) mass is 319 g/mol. The minimum absolute atomic E-state index is 0.226. The number of rotatable bonds is 5. The Balaban J connectivity index is 2.20. The number of carbonyl (C=O) groups excluding carboxylic acids is 1. The zero-order chi connectivity index (χ0) is 16.2. The van der Waals surface area contributed by atoms with Gasteiger partial charge in [0.05, 0.1) is 17.1 Å². The van der Waals surface area contributed by atoms with Crippen molar-refractivity contribution in [3.05, 3.63) is 59.7 Å². The molecule has 0 fully saturated rings. The summed E-state index contributed by atoms with van der Waals surface area (Å²) >= 11 is 0. The van der Waals surface area contributed by atoms with E-state index >= 15 is 0 Å². The first-order chi connectivity index (χ1) is 10.4. The van der Waals surface area contributed by atoms with Gasteiger partial charge >= 0.3 is 5.97 Å². The number of nitrogens with one attached hydrogen (secondary N) is 1. The third-order valence-corrected chi connectivity index (χ3v) is 4.57. The molecule has 0 amide bonds. The Kier molecular flexibility index (Phi) is 4.82. The van der Waals surface area contributed by atoms with Crippen molar-refractivity contribution in [2.45, 2.75) is 18.7 Å². The average Bonchev–Trinajstić information content (AvgIpc) is 2.48. The number of hydrogen-bond acceptors (Lipinski definition) is 4. The van der Waals surface area contributed by atoms with Gasteiger partial charge in [0.2, 0.25) is 0 Å². The van der Waals surface area contributed by atoms with Crippen LogP contribution >= 0.6 is 0 Å². The van der Waals surface area contributed by atoms with Crippen molar-refractivity contribution >= 4 is 21.7 Å². The molecule has 0 aliphatic heterocycles. The van der Waals surface area contributed by atoms with Gasteiger partial charge in [0, 0.05) is 5.69 Å². The van der Waals surface area contributed by atoms with E-state index in [2.05, 4.69) is 4.72 Å². The fourth-order valence-electron chi connectivity index (χ4n) is 1.96. The summed E-state index contributed by atoms with van der Waals surface area (Å²) in [5.41, 5.74) is 1.43. The number of esters is 1. The lowest BCUT2D eigenvalue weighted by molar-refractivity contribution is 0.0526. The molecule has 0 aromatic heterocycles. The third kappa shape index (κ3) is 3.65. The zero-order valence-electron chi connectivity index (χ0n) is 12.4. The molecule has 22 heavy (non-hydrogen) atoms. The number of sulfonamides is 1. The minimum atomic E-state index is -3.65. The highest BCUT2D eigenvalue weighted by Gasteiger charge is 2.16. The molecule has 2 aromatic carbocycles. The molecule has 0 radical (unpaired) electrons. The van der Waals surface area contributed by atoms with Crippen LogP contribution in [0, 0.1) is 6.92 Å². The second kappa shape index (κ2) is 6.62. The Morgan fingerprint density at radius 2 is 1.73 bits per heavy atom. The molecule has 0 saturated heterocycles. The first-order valence-electron chi connectivity index (χ1n) is 6.79. The fraction of sp³-hybridized carbons (Fsp3) is 0.188. The van der Waals surface area contributed by atoms with Gasteiger partial charge in [0.1, 0.15) is 0 Å². The Labute approximate surface area is 130 Å². The van der Waals surface area contributed by atoms with Crippen molar-refractivity contribution in [3.63, 3.8) is 0 Å². The number of aryl methyl sites for hydroxylation is 1. The first kappa shape index (κ1) is 16.0. The molecule has 0 aliphatic rings. The van der Waals surface area contributed by atoms with Crippen molar-refractivity contribution in [1.82, 2.24) is 0 Å². The molecule has 0 atom stereocenters. The lowest BCUT2D eigenvalue weighted by atomic mass is 10.2. The molecule has 0 aliphatic carbocycles. The second-order valence-corrected chi connectivity index (χ2v) is 6.32. The summed E-state index contributed by atoms with van der Waals surface area (Å²) in [6, 6.07) is 12.8. The van der Waals surface area contributed by atoms with Crippen molar-refractivity contribution in [1.29, 1.82) is 0 Å². The van der Waals surface area contributed by atoms with Crippen LogP contribution in [0.4, 0.5) is 5.69 Å². The lowest BCUT2D eigenvalue weighted by Crippen LogP contribution is -2.14. The molecule has 0 unspecified atom stereocenters. The van der Waals surface area contributed by atoms with Crippen molar-refractivity contribution in [2.24, 2.45) is 0 Å². The van der Waals surface area contributed by atoms with E-state index in [4.69, 9.17) is 4.74 Å². The first-order valence-corrected chi connectivity index (χ1v) is 8.28. The predicted octanol–water partition coefficient (Wildman–Crippen LogP) is 2.97. The Morgan fingerprint density at radius 3 is 2.32 bits per heavy atom. The SMILES string of the molecule is CCOC(=O)c1ccc(NS(=O)(=O)c2ccccc2C)cc1. The standard InChI is InChI=1S/C16H17NO4S/c1-3-21-16(18)13-8-10-14(11-9-13)17-22(19,20)15-7-5-4-6-12(15)2/h4-11,17H,3H2,1-2H3. The maximum absolute atomic E-state index is 12.3. The molecular weight excluding hydrogens is 302 g/mol. The van der Waals surface area contributed by atoms with Crippen LogP contribution in [0.15, 0.2) is 53.4 Å². The molecule has 1 N–H and O–H groups in total. The molecule has 6 heteroatoms. The summed E-state index contributed by atoms with van der Waals surface area (Å²) in [7, 11) is -3.65. The van der Waals surface area contributed by atoms with Crippen LogP contribution < -0.4 is 4.72 Å². The smallest absolute Gasteiger partial charge is 0.338 e. The summed E-state index contributed by atoms with van der Waals surface area (Å²) in [4.78, 5) is 11.8. The topological polar surface area (TPSA) is 72.5 Å². The molecule has 2 aromatic rings. The number of ether oxygens (including phenoxy) is 1. The van der Waals surface area contributed by atoms with Gasteiger partial charge in [-0.1, -0.05) is 18.2 Å². The summed E-state index contributed by atoms with van der Waals surface area (Å²) < 4.78 is 32.1. The lowest BCUT2D eigenvalue weighted by Gasteiger charge is -2.10. The number of benzene rings is 2. The van der Waals surface area contributed by atoms with Crippen LogP contribution in [0.5, 0.6) is 0 Å². The van der Waals surface area contributed by atoms with E-state index in [1.165, 1.54) is 24.3 Å². The molecule has 0 saturated carbocycles. The molecular formula is C16H17NO4S. The van der Waals surface area contributed by atoms with E-state index in [1.54, 1.807) is 38.1 Å². The van der Waals surface area contributed by atoms with Crippen molar-refractivity contribution < 1.29 is 17.9 Å². The van der Waals surface area contributed by atoms with Crippen LogP contribution in [0.2, 0.25) is 0 Å².